The van der Waals surface area contributed by atoms with Gasteiger partial charge in [-0.1, -0.05) is 301 Å². The highest BCUT2D eigenvalue weighted by Gasteiger charge is 2.30. The lowest BCUT2D eigenvalue weighted by Gasteiger charge is -2.21. The maximum Gasteiger partial charge on any atom is 0.472 e. The van der Waals surface area contributed by atoms with Gasteiger partial charge in [0.15, 0.2) is 12.2 Å². The molecule has 2 unspecified atom stereocenters. The maximum absolute atomic E-state index is 13.1. The van der Waals surface area contributed by atoms with Crippen molar-refractivity contribution in [3.8, 4) is 0 Å². The third-order valence-corrected chi connectivity index (χ3v) is 19.7. The number of phosphoric ester groups is 2. The predicted octanol–water partition coefficient (Wildman–Crippen LogP) is 23.7. The fourth-order valence-electron chi connectivity index (χ4n) is 11.5. The molecule has 0 aliphatic carbocycles. The van der Waals surface area contributed by atoms with Crippen LogP contribution in [0.4, 0.5) is 0 Å². The minimum absolute atomic E-state index is 0.0918. The summed E-state index contributed by atoms with van der Waals surface area (Å²) in [6.45, 7) is 4.89. The number of phosphoric acid groups is 2. The summed E-state index contributed by atoms with van der Waals surface area (Å²) < 4.78 is 68.7. The van der Waals surface area contributed by atoms with Crippen LogP contribution in [0.15, 0.2) is 48.6 Å². The number of esters is 4. The first-order valence-electron chi connectivity index (χ1n) is 40.9. The Morgan fingerprint density at radius 1 is 0.280 bits per heavy atom. The molecule has 0 saturated carbocycles. The molecule has 17 nitrogen and oxygen atoms in total. The Morgan fingerprint density at radius 2 is 0.490 bits per heavy atom. The monoisotopic (exact) mass is 1460 g/mol. The van der Waals surface area contributed by atoms with Crippen molar-refractivity contribution in [2.75, 3.05) is 39.6 Å². The second-order valence-electron chi connectivity index (χ2n) is 27.7. The molecule has 586 valence electrons. The van der Waals surface area contributed by atoms with Crippen LogP contribution >= 0.6 is 15.6 Å². The van der Waals surface area contributed by atoms with Gasteiger partial charge in [-0.05, 0) is 109 Å². The zero-order valence-electron chi connectivity index (χ0n) is 64.1. The number of hydrogen-bond donors (Lipinski definition) is 3. The van der Waals surface area contributed by atoms with Crippen LogP contribution in [-0.2, 0) is 65.4 Å². The fraction of sp³-hybridized carbons (Fsp3) is 0.852. The van der Waals surface area contributed by atoms with Crippen molar-refractivity contribution >= 4 is 39.5 Å². The highest BCUT2D eigenvalue weighted by molar-refractivity contribution is 7.47. The Kier molecular flexibility index (Phi) is 72.1. The third-order valence-electron chi connectivity index (χ3n) is 17.8. The van der Waals surface area contributed by atoms with Gasteiger partial charge in [-0.25, -0.2) is 9.13 Å². The predicted molar refractivity (Wildman–Crippen MR) is 409 cm³/mol. The van der Waals surface area contributed by atoms with Crippen LogP contribution in [0.1, 0.15) is 387 Å². The number of aliphatic hydroxyl groups is 1. The third kappa shape index (κ3) is 73.3. The van der Waals surface area contributed by atoms with E-state index >= 15 is 0 Å². The van der Waals surface area contributed by atoms with E-state index in [0.717, 1.165) is 167 Å². The second-order valence-corrected chi connectivity index (χ2v) is 30.6. The maximum atomic E-state index is 13.1. The van der Waals surface area contributed by atoms with E-state index in [1.165, 1.54) is 141 Å². The Labute approximate surface area is 610 Å². The number of unbranched alkanes of at least 4 members (excludes halogenated alkanes) is 44. The first-order chi connectivity index (χ1) is 48.7. The molecule has 0 saturated heterocycles. The van der Waals surface area contributed by atoms with Crippen molar-refractivity contribution in [2.24, 2.45) is 0 Å². The van der Waals surface area contributed by atoms with E-state index in [9.17, 15) is 43.2 Å². The van der Waals surface area contributed by atoms with Gasteiger partial charge in [0.2, 0.25) is 0 Å². The molecule has 0 aromatic carbocycles. The van der Waals surface area contributed by atoms with Crippen LogP contribution in [-0.4, -0.2) is 96.7 Å². The van der Waals surface area contributed by atoms with Gasteiger partial charge < -0.3 is 33.8 Å². The number of hydrogen-bond acceptors (Lipinski definition) is 15. The quantitative estimate of drug-likeness (QED) is 0.0169. The lowest BCUT2D eigenvalue weighted by molar-refractivity contribution is -0.161. The van der Waals surface area contributed by atoms with Gasteiger partial charge in [-0.15, -0.1) is 0 Å². The summed E-state index contributed by atoms with van der Waals surface area (Å²) in [7, 11) is -9.94. The van der Waals surface area contributed by atoms with E-state index in [4.69, 9.17) is 37.0 Å². The SMILES string of the molecule is CCCCC/C=C\C/C=C\CCCCCCCC(=O)OC[C@H](COP(=O)(O)OC[C@@H](O)COP(=O)(O)OC[C@@H](COC(=O)CCCCCCCCCCCCCCCCC)OC(=O)CCCCCCCCC/C=C\CCCCCC)OC(=O)CCCCCCCCC/C=C\CCCCCC. The lowest BCUT2D eigenvalue weighted by Crippen LogP contribution is -2.30. The summed E-state index contributed by atoms with van der Waals surface area (Å²) in [5, 5.41) is 10.6. The van der Waals surface area contributed by atoms with Crippen molar-refractivity contribution in [1.29, 1.82) is 0 Å². The van der Waals surface area contributed by atoms with Crippen LogP contribution in [0.3, 0.4) is 0 Å². The minimum Gasteiger partial charge on any atom is -0.462 e. The van der Waals surface area contributed by atoms with Crippen molar-refractivity contribution in [2.45, 2.75) is 406 Å². The first kappa shape index (κ1) is 97.0. The van der Waals surface area contributed by atoms with Gasteiger partial charge in [0.25, 0.3) is 0 Å². The normalized spacial score (nSPS) is 14.1. The molecule has 0 bridgehead atoms. The topological polar surface area (TPSA) is 237 Å². The Bertz CT molecular complexity index is 2080. The molecule has 0 fully saturated rings. The van der Waals surface area contributed by atoms with Crippen molar-refractivity contribution in [3.63, 3.8) is 0 Å². The Hall–Kier alpha value is -2.98. The number of aliphatic hydroxyl groups excluding tert-OH is 1. The van der Waals surface area contributed by atoms with Crippen LogP contribution in [0.25, 0.3) is 0 Å². The van der Waals surface area contributed by atoms with Crippen LogP contribution < -0.4 is 0 Å². The summed E-state index contributed by atoms with van der Waals surface area (Å²) in [5.74, 6) is -2.16. The molecule has 0 aliphatic heterocycles. The number of carbonyl (C=O) groups is 4. The number of ether oxygens (including phenoxy) is 4. The highest BCUT2D eigenvalue weighted by atomic mass is 31.2. The van der Waals surface area contributed by atoms with E-state index in [-0.39, 0.29) is 25.7 Å². The molecule has 0 aromatic rings. The molecule has 0 amide bonds. The van der Waals surface area contributed by atoms with Gasteiger partial charge in [-0.2, -0.15) is 0 Å². The van der Waals surface area contributed by atoms with E-state index in [1.54, 1.807) is 0 Å². The van der Waals surface area contributed by atoms with Crippen molar-refractivity contribution in [1.82, 2.24) is 0 Å². The minimum atomic E-state index is -4.97. The molecule has 3 N–H and O–H groups in total. The molecule has 0 spiro atoms. The molecule has 0 radical (unpaired) electrons. The number of rotatable bonds is 78. The molecule has 0 rings (SSSR count). The number of allylic oxidation sites excluding steroid dienone is 8. The molecule has 0 aromatic heterocycles. The van der Waals surface area contributed by atoms with Gasteiger partial charge >= 0.3 is 39.5 Å². The fourth-order valence-corrected chi connectivity index (χ4v) is 13.1. The van der Waals surface area contributed by atoms with Crippen LogP contribution in [0.2, 0.25) is 0 Å². The molecule has 5 atom stereocenters. The average Bonchev–Trinajstić information content (AvgIpc) is 1.01. The Morgan fingerprint density at radius 3 is 0.780 bits per heavy atom. The second kappa shape index (κ2) is 74.3. The van der Waals surface area contributed by atoms with E-state index < -0.39 is 97.5 Å². The number of carbonyl (C=O) groups excluding carboxylic acids is 4. The molecule has 0 heterocycles. The van der Waals surface area contributed by atoms with Crippen molar-refractivity contribution in [3.05, 3.63) is 48.6 Å². The first-order valence-corrected chi connectivity index (χ1v) is 43.9. The van der Waals surface area contributed by atoms with E-state index in [1.807, 2.05) is 0 Å². The Balaban J connectivity index is 5.33. The lowest BCUT2D eigenvalue weighted by atomic mass is 10.0. The van der Waals surface area contributed by atoms with Gasteiger partial charge in [0.1, 0.15) is 19.3 Å². The van der Waals surface area contributed by atoms with E-state index in [0.29, 0.717) is 25.7 Å². The van der Waals surface area contributed by atoms with E-state index in [2.05, 4.69) is 76.3 Å². The van der Waals surface area contributed by atoms with Crippen LogP contribution in [0, 0.1) is 0 Å². The van der Waals surface area contributed by atoms with Crippen molar-refractivity contribution < 1.29 is 80.2 Å². The molecule has 100 heavy (non-hydrogen) atoms. The standard InChI is InChI=1S/C81H150O17P2/c1-5-9-13-17-21-25-29-33-37-41-45-49-53-57-61-65-78(83)91-71-76(97-80(85)67-63-59-55-51-47-43-39-35-31-27-23-19-15-11-7-3)73-95-99(87,88)93-69-75(82)70-94-100(89,90)96-74-77(98-81(86)68-64-60-56-52-48-44-40-36-32-28-24-20-16-12-8-4)72-92-79(84)66-62-58-54-50-46-42-38-34-30-26-22-18-14-10-6-2/h21,25,27-28,31-33,37,75-77,82H,5-20,22-24,26,29-30,34-36,38-74H2,1-4H3,(H,87,88)(H,89,90)/b25-21-,31-27-,32-28-,37-33-/t75-,76-,77-/m1/s1. The summed E-state index contributed by atoms with van der Waals surface area (Å²) in [5.41, 5.74) is 0. The smallest absolute Gasteiger partial charge is 0.462 e. The zero-order chi connectivity index (χ0) is 73.2. The average molecular weight is 1460 g/mol. The zero-order valence-corrected chi connectivity index (χ0v) is 65.9. The molecule has 19 heteroatoms. The molecule has 0 aliphatic rings. The van der Waals surface area contributed by atoms with Gasteiger partial charge in [-0.3, -0.25) is 37.3 Å². The molecular formula is C81H150O17P2. The van der Waals surface area contributed by atoms with Crippen LogP contribution in [0.5, 0.6) is 0 Å². The van der Waals surface area contributed by atoms with Gasteiger partial charge in [0.05, 0.1) is 26.4 Å². The highest BCUT2D eigenvalue weighted by Crippen LogP contribution is 2.45. The summed E-state index contributed by atoms with van der Waals surface area (Å²) in [6.07, 6.45) is 72.2. The summed E-state index contributed by atoms with van der Waals surface area (Å²) in [4.78, 5) is 73.0. The molecular weight excluding hydrogens is 1310 g/mol. The largest absolute Gasteiger partial charge is 0.472 e. The summed E-state index contributed by atoms with van der Waals surface area (Å²) in [6, 6.07) is 0. The summed E-state index contributed by atoms with van der Waals surface area (Å²) >= 11 is 0. The van der Waals surface area contributed by atoms with Gasteiger partial charge in [0, 0.05) is 25.7 Å².